The highest BCUT2D eigenvalue weighted by molar-refractivity contribution is 5.93. The molecular formula is C26H31N3O. The Morgan fingerprint density at radius 2 is 1.77 bits per heavy atom. The summed E-state index contributed by atoms with van der Waals surface area (Å²) in [4.78, 5) is 18.0. The number of carbonyl (C=O) groups is 1. The second kappa shape index (κ2) is 7.12. The van der Waals surface area contributed by atoms with Crippen molar-refractivity contribution in [1.29, 1.82) is 0 Å². The maximum absolute atomic E-state index is 13.0. The second-order valence-corrected chi connectivity index (χ2v) is 9.60. The molecule has 2 aromatic carbocycles. The van der Waals surface area contributed by atoms with Crippen LogP contribution < -0.4 is 10.2 Å². The average Bonchev–Trinajstić information content (AvgIpc) is 3.11. The van der Waals surface area contributed by atoms with Crippen LogP contribution in [0.1, 0.15) is 67.2 Å². The van der Waals surface area contributed by atoms with E-state index in [2.05, 4.69) is 57.6 Å². The smallest absolute Gasteiger partial charge is 0.247 e. The summed E-state index contributed by atoms with van der Waals surface area (Å²) in [5, 5.41) is 3.14. The Balaban J connectivity index is 1.26. The third-order valence-corrected chi connectivity index (χ3v) is 8.26. The summed E-state index contributed by atoms with van der Waals surface area (Å²) in [6.45, 7) is 2.62. The topological polar surface area (TPSA) is 35.6 Å². The molecule has 1 N–H and O–H groups in total. The molecule has 156 valence electrons. The molecule has 2 aliphatic heterocycles. The molecule has 4 heteroatoms. The molecule has 6 rings (SSSR count). The zero-order valence-electron chi connectivity index (χ0n) is 17.6. The summed E-state index contributed by atoms with van der Waals surface area (Å²) in [6, 6.07) is 18.0. The van der Waals surface area contributed by atoms with E-state index in [9.17, 15) is 4.79 Å². The van der Waals surface area contributed by atoms with E-state index in [1.807, 2.05) is 6.07 Å². The van der Waals surface area contributed by atoms with Gasteiger partial charge in [0, 0.05) is 24.8 Å². The third kappa shape index (κ3) is 2.73. The fourth-order valence-corrected chi connectivity index (χ4v) is 6.74. The number of carbonyl (C=O) groups excluding carboxylic acids is 1. The van der Waals surface area contributed by atoms with Gasteiger partial charge in [-0.2, -0.15) is 0 Å². The van der Waals surface area contributed by atoms with Crippen molar-refractivity contribution in [3.05, 3.63) is 65.2 Å². The van der Waals surface area contributed by atoms with Crippen molar-refractivity contribution >= 4 is 11.6 Å². The number of amides is 1. The first kappa shape index (κ1) is 18.4. The van der Waals surface area contributed by atoms with Crippen LogP contribution in [0.3, 0.4) is 0 Å². The summed E-state index contributed by atoms with van der Waals surface area (Å²) < 4.78 is 0. The molecule has 2 aliphatic carbocycles. The van der Waals surface area contributed by atoms with Crippen LogP contribution in [0, 0.1) is 0 Å². The van der Waals surface area contributed by atoms with E-state index >= 15 is 0 Å². The summed E-state index contributed by atoms with van der Waals surface area (Å²) >= 11 is 0. The number of nitrogens with zero attached hydrogens (tertiary/aromatic N) is 2. The van der Waals surface area contributed by atoms with Gasteiger partial charge in [0.05, 0.1) is 6.67 Å². The van der Waals surface area contributed by atoms with Gasteiger partial charge in [-0.05, 0) is 79.7 Å². The van der Waals surface area contributed by atoms with Gasteiger partial charge in [-0.15, -0.1) is 0 Å². The largest absolute Gasteiger partial charge is 0.339 e. The van der Waals surface area contributed by atoms with Gasteiger partial charge >= 0.3 is 0 Å². The normalized spacial score (nSPS) is 27.7. The molecular weight excluding hydrogens is 370 g/mol. The minimum absolute atomic E-state index is 0.215. The predicted molar refractivity (Wildman–Crippen MR) is 120 cm³/mol. The zero-order valence-corrected chi connectivity index (χ0v) is 17.6. The van der Waals surface area contributed by atoms with Crippen molar-refractivity contribution in [2.75, 3.05) is 24.7 Å². The van der Waals surface area contributed by atoms with Crippen LogP contribution in [0.4, 0.5) is 5.69 Å². The van der Waals surface area contributed by atoms with Gasteiger partial charge in [-0.25, -0.2) is 0 Å². The lowest BCUT2D eigenvalue weighted by atomic mass is 9.71. The summed E-state index contributed by atoms with van der Waals surface area (Å²) in [6.07, 6.45) is 8.37. The Morgan fingerprint density at radius 1 is 0.933 bits per heavy atom. The van der Waals surface area contributed by atoms with Crippen LogP contribution in [-0.4, -0.2) is 36.1 Å². The quantitative estimate of drug-likeness (QED) is 0.812. The van der Waals surface area contributed by atoms with Gasteiger partial charge in [0.25, 0.3) is 0 Å². The minimum atomic E-state index is -0.384. The van der Waals surface area contributed by atoms with E-state index in [0.29, 0.717) is 12.7 Å². The standard InChI is InChI=1S/C26H31N3O/c30-25-26(29(18-27-25)21-9-2-1-3-10-21)14-16-28(17-15-26)23-13-12-20-7-4-6-19-8-5-11-22(23)24(19)20/h1-3,5,8-11,20,23H,4,6-7,12-18H2,(H,27,30)/t20-,23?/m0/s1. The molecule has 0 radical (unpaired) electrons. The molecule has 1 spiro atoms. The Labute approximate surface area is 179 Å². The van der Waals surface area contributed by atoms with Crippen molar-refractivity contribution in [3.8, 4) is 0 Å². The molecule has 4 aliphatic rings. The van der Waals surface area contributed by atoms with Crippen LogP contribution in [0.2, 0.25) is 0 Å². The van der Waals surface area contributed by atoms with E-state index in [0.717, 1.165) is 37.5 Å². The highest BCUT2D eigenvalue weighted by atomic mass is 16.2. The number of rotatable bonds is 2. The first-order valence-corrected chi connectivity index (χ1v) is 11.7. The molecule has 0 aromatic heterocycles. The lowest BCUT2D eigenvalue weighted by molar-refractivity contribution is -0.125. The van der Waals surface area contributed by atoms with Gasteiger partial charge in [0.15, 0.2) is 0 Å². The first-order valence-electron chi connectivity index (χ1n) is 11.7. The Bertz CT molecular complexity index is 948. The highest BCUT2D eigenvalue weighted by Crippen LogP contribution is 2.48. The molecule has 0 bridgehead atoms. The molecule has 2 fully saturated rings. The summed E-state index contributed by atoms with van der Waals surface area (Å²) in [5.41, 5.74) is 5.65. The molecule has 2 heterocycles. The fraction of sp³-hybridized carbons (Fsp3) is 0.500. The summed E-state index contributed by atoms with van der Waals surface area (Å²) in [5.74, 6) is 0.998. The molecule has 2 atom stereocenters. The SMILES string of the molecule is O=C1NCN(c2ccccc2)C12CCN(C1CC[C@@H]3CCCc4cccc1c43)CC2. The third-order valence-electron chi connectivity index (χ3n) is 8.26. The van der Waals surface area contributed by atoms with E-state index in [-0.39, 0.29) is 11.4 Å². The Hall–Kier alpha value is -2.33. The molecule has 2 aromatic rings. The van der Waals surface area contributed by atoms with Crippen molar-refractivity contribution in [1.82, 2.24) is 10.2 Å². The molecule has 4 nitrogen and oxygen atoms in total. The number of para-hydroxylation sites is 1. The minimum Gasteiger partial charge on any atom is -0.339 e. The molecule has 1 amide bonds. The van der Waals surface area contributed by atoms with E-state index in [4.69, 9.17) is 0 Å². The summed E-state index contributed by atoms with van der Waals surface area (Å²) in [7, 11) is 0. The number of nitrogens with one attached hydrogen (secondary N) is 1. The molecule has 1 unspecified atom stereocenters. The van der Waals surface area contributed by atoms with Gasteiger partial charge in [0.1, 0.15) is 5.54 Å². The number of piperidine rings is 1. The average molecular weight is 402 g/mol. The first-order chi connectivity index (χ1) is 14.8. The van der Waals surface area contributed by atoms with Crippen LogP contribution in [0.5, 0.6) is 0 Å². The number of benzene rings is 2. The van der Waals surface area contributed by atoms with Crippen molar-refractivity contribution in [3.63, 3.8) is 0 Å². The maximum atomic E-state index is 13.0. The van der Waals surface area contributed by atoms with Crippen molar-refractivity contribution < 1.29 is 4.79 Å². The maximum Gasteiger partial charge on any atom is 0.247 e. The second-order valence-electron chi connectivity index (χ2n) is 9.60. The lowest BCUT2D eigenvalue weighted by Crippen LogP contribution is -2.57. The van der Waals surface area contributed by atoms with Gasteiger partial charge in [0.2, 0.25) is 5.91 Å². The number of hydrogen-bond acceptors (Lipinski definition) is 3. The van der Waals surface area contributed by atoms with E-state index in [1.165, 1.54) is 32.1 Å². The molecule has 30 heavy (non-hydrogen) atoms. The number of aryl methyl sites for hydroxylation is 1. The number of likely N-dealkylation sites (tertiary alicyclic amines) is 1. The monoisotopic (exact) mass is 401 g/mol. The Kier molecular flexibility index (Phi) is 4.38. The zero-order chi connectivity index (χ0) is 20.1. The van der Waals surface area contributed by atoms with Gasteiger partial charge in [-0.1, -0.05) is 36.4 Å². The van der Waals surface area contributed by atoms with Crippen LogP contribution in [-0.2, 0) is 11.2 Å². The van der Waals surface area contributed by atoms with Crippen LogP contribution in [0.25, 0.3) is 0 Å². The van der Waals surface area contributed by atoms with Crippen molar-refractivity contribution in [2.45, 2.75) is 62.4 Å². The van der Waals surface area contributed by atoms with Crippen molar-refractivity contribution in [2.24, 2.45) is 0 Å². The van der Waals surface area contributed by atoms with Crippen LogP contribution in [0.15, 0.2) is 48.5 Å². The van der Waals surface area contributed by atoms with Gasteiger partial charge < -0.3 is 10.2 Å². The molecule has 2 saturated heterocycles. The molecule has 0 saturated carbocycles. The van der Waals surface area contributed by atoms with Crippen LogP contribution >= 0.6 is 0 Å². The predicted octanol–water partition coefficient (Wildman–Crippen LogP) is 4.37. The van der Waals surface area contributed by atoms with Gasteiger partial charge in [-0.3, -0.25) is 9.69 Å². The number of anilines is 1. The fourth-order valence-electron chi connectivity index (χ4n) is 6.74. The van der Waals surface area contributed by atoms with E-state index in [1.54, 1.807) is 16.7 Å². The lowest BCUT2D eigenvalue weighted by Gasteiger charge is -2.47. The van der Waals surface area contributed by atoms with E-state index < -0.39 is 0 Å². The number of hydrogen-bond donors (Lipinski definition) is 1. The highest BCUT2D eigenvalue weighted by Gasteiger charge is 2.51. The Morgan fingerprint density at radius 3 is 2.60 bits per heavy atom.